The van der Waals surface area contributed by atoms with Crippen molar-refractivity contribution in [3.05, 3.63) is 95.3 Å². The number of ether oxygens (including phenoxy) is 2. The Bertz CT molecular complexity index is 1160. The third kappa shape index (κ3) is 6.52. The molecule has 1 aliphatic heterocycles. The van der Waals surface area contributed by atoms with Gasteiger partial charge >= 0.3 is 6.11 Å². The molecular weight excluding hydrogens is 475 g/mol. The summed E-state index contributed by atoms with van der Waals surface area (Å²) in [5, 5.41) is 0. The topological polar surface area (TPSA) is 18.5 Å². The fraction of sp³-hybridized carbons (Fsp3) is 0.310. The highest BCUT2D eigenvalue weighted by molar-refractivity contribution is 5.66. The van der Waals surface area contributed by atoms with Crippen LogP contribution in [0.5, 0.6) is 5.75 Å². The SMILES string of the molecule is CCCC1CCC(c2ccc(-c3ccc(C=CC(F)(F)Oc4cc(F)c(F)c(F)c4)cc3)cc2)OC1. The van der Waals surface area contributed by atoms with Crippen molar-refractivity contribution in [1.82, 2.24) is 0 Å². The van der Waals surface area contributed by atoms with Crippen LogP contribution >= 0.6 is 0 Å². The second kappa shape index (κ2) is 11.2. The molecule has 2 atom stereocenters. The predicted molar refractivity (Wildman–Crippen MR) is 129 cm³/mol. The average Bonchev–Trinajstić information content (AvgIpc) is 2.87. The zero-order chi connectivity index (χ0) is 25.7. The van der Waals surface area contributed by atoms with Crippen molar-refractivity contribution in [3.63, 3.8) is 0 Å². The first kappa shape index (κ1) is 25.9. The van der Waals surface area contributed by atoms with Gasteiger partial charge in [-0.2, -0.15) is 8.78 Å². The molecule has 36 heavy (non-hydrogen) atoms. The van der Waals surface area contributed by atoms with Gasteiger partial charge in [0.25, 0.3) is 0 Å². The smallest absolute Gasteiger partial charge is 0.419 e. The van der Waals surface area contributed by atoms with Gasteiger partial charge in [-0.15, -0.1) is 0 Å². The Morgan fingerprint density at radius 3 is 2.08 bits per heavy atom. The van der Waals surface area contributed by atoms with E-state index < -0.39 is 29.3 Å². The van der Waals surface area contributed by atoms with Crippen molar-refractivity contribution in [2.45, 2.75) is 44.8 Å². The van der Waals surface area contributed by atoms with Crippen LogP contribution in [-0.2, 0) is 4.74 Å². The lowest BCUT2D eigenvalue weighted by molar-refractivity contribution is -0.131. The van der Waals surface area contributed by atoms with Gasteiger partial charge in [0.1, 0.15) is 5.75 Å². The lowest BCUT2D eigenvalue weighted by Gasteiger charge is -2.29. The van der Waals surface area contributed by atoms with Gasteiger partial charge < -0.3 is 9.47 Å². The van der Waals surface area contributed by atoms with Crippen molar-refractivity contribution in [2.75, 3.05) is 6.61 Å². The Kier molecular flexibility index (Phi) is 8.09. The number of rotatable bonds is 8. The van der Waals surface area contributed by atoms with E-state index in [1.165, 1.54) is 19.3 Å². The molecule has 0 aromatic heterocycles. The summed E-state index contributed by atoms with van der Waals surface area (Å²) < 4.78 is 78.1. The van der Waals surface area contributed by atoms with Crippen LogP contribution in [0.4, 0.5) is 22.0 Å². The van der Waals surface area contributed by atoms with E-state index in [4.69, 9.17) is 4.74 Å². The summed E-state index contributed by atoms with van der Waals surface area (Å²) in [6.07, 6.45) is 2.43. The van der Waals surface area contributed by atoms with Crippen molar-refractivity contribution in [3.8, 4) is 16.9 Å². The second-order valence-corrected chi connectivity index (χ2v) is 9.00. The second-order valence-electron chi connectivity index (χ2n) is 9.00. The molecule has 1 saturated heterocycles. The molecule has 2 nitrogen and oxygen atoms in total. The Morgan fingerprint density at radius 1 is 0.917 bits per heavy atom. The molecule has 3 aromatic rings. The lowest BCUT2D eigenvalue weighted by atomic mass is 9.91. The summed E-state index contributed by atoms with van der Waals surface area (Å²) in [5.41, 5.74) is 3.54. The molecule has 0 saturated carbocycles. The zero-order valence-corrected chi connectivity index (χ0v) is 19.8. The largest absolute Gasteiger partial charge is 0.429 e. The molecule has 4 rings (SSSR count). The monoisotopic (exact) mass is 502 g/mol. The first-order valence-electron chi connectivity index (χ1n) is 12.0. The minimum Gasteiger partial charge on any atom is -0.429 e. The third-order valence-electron chi connectivity index (χ3n) is 6.27. The maximum absolute atomic E-state index is 14.1. The van der Waals surface area contributed by atoms with Crippen LogP contribution in [0.2, 0.25) is 0 Å². The molecule has 2 unspecified atom stereocenters. The maximum atomic E-state index is 14.1. The zero-order valence-electron chi connectivity index (χ0n) is 19.8. The summed E-state index contributed by atoms with van der Waals surface area (Å²) in [4.78, 5) is 0. The van der Waals surface area contributed by atoms with Crippen LogP contribution in [-0.4, -0.2) is 12.7 Å². The molecule has 3 aromatic carbocycles. The van der Waals surface area contributed by atoms with Crippen LogP contribution in [0.1, 0.15) is 49.8 Å². The highest BCUT2D eigenvalue weighted by Crippen LogP contribution is 2.33. The fourth-order valence-corrected chi connectivity index (χ4v) is 4.36. The van der Waals surface area contributed by atoms with E-state index in [9.17, 15) is 22.0 Å². The summed E-state index contributed by atoms with van der Waals surface area (Å²) in [7, 11) is 0. The summed E-state index contributed by atoms with van der Waals surface area (Å²) in [6, 6.07) is 15.9. The Hall–Kier alpha value is -3.19. The van der Waals surface area contributed by atoms with Gasteiger partial charge in [0.05, 0.1) is 12.7 Å². The fourth-order valence-electron chi connectivity index (χ4n) is 4.36. The number of hydrogen-bond acceptors (Lipinski definition) is 2. The molecule has 0 radical (unpaired) electrons. The molecule has 0 spiro atoms. The molecule has 1 heterocycles. The van der Waals surface area contributed by atoms with Crippen LogP contribution in [0.25, 0.3) is 17.2 Å². The van der Waals surface area contributed by atoms with Gasteiger partial charge in [0.2, 0.25) is 0 Å². The highest BCUT2D eigenvalue weighted by atomic mass is 19.3. The van der Waals surface area contributed by atoms with Gasteiger partial charge in [-0.25, -0.2) is 13.2 Å². The van der Waals surface area contributed by atoms with Crippen LogP contribution < -0.4 is 4.74 Å². The average molecular weight is 503 g/mol. The molecule has 190 valence electrons. The maximum Gasteiger partial charge on any atom is 0.419 e. The van der Waals surface area contributed by atoms with E-state index in [0.717, 1.165) is 35.8 Å². The molecule has 7 heteroatoms. The van der Waals surface area contributed by atoms with Crippen LogP contribution in [0, 0.1) is 23.4 Å². The van der Waals surface area contributed by atoms with E-state index in [-0.39, 0.29) is 6.10 Å². The van der Waals surface area contributed by atoms with Gasteiger partial charge in [0, 0.05) is 18.2 Å². The molecule has 0 N–H and O–H groups in total. The lowest BCUT2D eigenvalue weighted by Crippen LogP contribution is -2.21. The number of halogens is 5. The molecule has 0 bridgehead atoms. The quantitative estimate of drug-likeness (QED) is 0.227. The van der Waals surface area contributed by atoms with Gasteiger partial charge in [0.15, 0.2) is 17.5 Å². The highest BCUT2D eigenvalue weighted by Gasteiger charge is 2.29. The van der Waals surface area contributed by atoms with E-state index in [0.29, 0.717) is 29.7 Å². The predicted octanol–water partition coefficient (Wildman–Crippen LogP) is 8.72. The number of benzene rings is 3. The van der Waals surface area contributed by atoms with E-state index >= 15 is 0 Å². The summed E-state index contributed by atoms with van der Waals surface area (Å²) >= 11 is 0. The summed E-state index contributed by atoms with van der Waals surface area (Å²) in [6.45, 7) is 3.00. The van der Waals surface area contributed by atoms with Crippen molar-refractivity contribution >= 4 is 6.08 Å². The van der Waals surface area contributed by atoms with Crippen molar-refractivity contribution in [1.29, 1.82) is 0 Å². The Balaban J connectivity index is 1.37. The first-order chi connectivity index (χ1) is 17.2. The molecule has 1 aliphatic rings. The minimum absolute atomic E-state index is 0.117. The van der Waals surface area contributed by atoms with E-state index in [1.54, 1.807) is 12.1 Å². The van der Waals surface area contributed by atoms with Crippen LogP contribution in [0.15, 0.2) is 66.7 Å². The Morgan fingerprint density at radius 2 is 1.53 bits per heavy atom. The van der Waals surface area contributed by atoms with Crippen LogP contribution in [0.3, 0.4) is 0 Å². The van der Waals surface area contributed by atoms with Crippen molar-refractivity contribution < 1.29 is 31.4 Å². The standard InChI is InChI=1S/C29H27F5O2/c1-2-3-20-6-13-27(35-18-20)23-11-9-22(10-12-23)21-7-4-19(5-8-21)14-15-29(33,34)36-24-16-25(30)28(32)26(31)17-24/h4-5,7-12,14-17,20,27H,2-3,6,13,18H2,1H3. The van der Waals surface area contributed by atoms with Gasteiger partial charge in [-0.1, -0.05) is 61.9 Å². The summed E-state index contributed by atoms with van der Waals surface area (Å²) in [5.74, 6) is -5.14. The Labute approximate surface area is 207 Å². The van der Waals surface area contributed by atoms with Gasteiger partial charge in [-0.3, -0.25) is 0 Å². The minimum atomic E-state index is -3.86. The van der Waals surface area contributed by atoms with Gasteiger partial charge in [-0.05, 0) is 53.5 Å². The number of hydrogen-bond donors (Lipinski definition) is 0. The first-order valence-corrected chi connectivity index (χ1v) is 12.0. The molecule has 0 aliphatic carbocycles. The normalized spacial score (nSPS) is 18.5. The molecule has 0 amide bonds. The van der Waals surface area contributed by atoms with E-state index in [2.05, 4.69) is 23.8 Å². The molecule has 1 fully saturated rings. The third-order valence-corrected chi connectivity index (χ3v) is 6.27. The van der Waals surface area contributed by atoms with Crippen molar-refractivity contribution in [2.24, 2.45) is 5.92 Å². The molecular formula is C29H27F5O2. The number of alkyl halides is 2. The van der Waals surface area contributed by atoms with E-state index in [1.807, 2.05) is 24.3 Å².